The van der Waals surface area contributed by atoms with Gasteiger partial charge in [-0.3, -0.25) is 0 Å². The molecule has 0 aliphatic rings. The number of ether oxygens (including phenoxy) is 2. The summed E-state index contributed by atoms with van der Waals surface area (Å²) >= 11 is 0. The number of nitrogens with one attached hydrogen (secondary N) is 2. The van der Waals surface area contributed by atoms with Crippen molar-refractivity contribution in [2.45, 2.75) is 26.3 Å². The van der Waals surface area contributed by atoms with Crippen LogP contribution < -0.4 is 20.1 Å². The second kappa shape index (κ2) is 8.89. The Balaban J connectivity index is 2.00. The van der Waals surface area contributed by atoms with E-state index in [1.54, 1.807) is 25.3 Å². The maximum absolute atomic E-state index is 12.6. The molecule has 6 nitrogen and oxygen atoms in total. The molecular weight excluding hydrogens is 397 g/mol. The number of benzene rings is 2. The zero-order chi connectivity index (χ0) is 21.7. The lowest BCUT2D eigenvalue weighted by atomic mass is 10.1. The summed E-state index contributed by atoms with van der Waals surface area (Å²) in [6, 6.07) is 14.7. The van der Waals surface area contributed by atoms with Crippen LogP contribution in [0, 0.1) is 0 Å². The Morgan fingerprint density at radius 1 is 0.967 bits per heavy atom. The van der Waals surface area contributed by atoms with Crippen LogP contribution in [0.1, 0.15) is 13.8 Å². The molecule has 0 saturated heterocycles. The van der Waals surface area contributed by atoms with Gasteiger partial charge in [0.25, 0.3) is 0 Å². The third kappa shape index (κ3) is 5.76. The minimum Gasteiger partial charge on any atom is -0.495 e. The zero-order valence-electron chi connectivity index (χ0n) is 16.6. The summed E-state index contributed by atoms with van der Waals surface area (Å²) in [5.41, 5.74) is 1.57. The molecule has 9 heteroatoms. The van der Waals surface area contributed by atoms with Crippen molar-refractivity contribution in [3.05, 3.63) is 54.6 Å². The normalized spacial score (nSPS) is 11.3. The number of hydrogen-bond donors (Lipinski definition) is 2. The summed E-state index contributed by atoms with van der Waals surface area (Å²) in [5, 5.41) is 6.29. The number of alkyl halides is 3. The van der Waals surface area contributed by atoms with E-state index in [-0.39, 0.29) is 11.8 Å². The van der Waals surface area contributed by atoms with Crippen molar-refractivity contribution in [1.82, 2.24) is 9.97 Å². The Morgan fingerprint density at radius 3 is 2.43 bits per heavy atom. The highest BCUT2D eigenvalue weighted by Crippen LogP contribution is 2.31. The lowest BCUT2D eigenvalue weighted by Crippen LogP contribution is -2.17. The van der Waals surface area contributed by atoms with Crippen molar-refractivity contribution in [2.24, 2.45) is 0 Å². The fourth-order valence-electron chi connectivity index (χ4n) is 2.72. The molecule has 0 aliphatic carbocycles. The van der Waals surface area contributed by atoms with E-state index in [2.05, 4.69) is 25.3 Å². The van der Waals surface area contributed by atoms with Crippen molar-refractivity contribution in [3.8, 4) is 22.8 Å². The number of methoxy groups -OCH3 is 1. The van der Waals surface area contributed by atoms with E-state index in [0.717, 1.165) is 0 Å². The molecule has 1 aromatic heterocycles. The van der Waals surface area contributed by atoms with Gasteiger partial charge < -0.3 is 20.1 Å². The van der Waals surface area contributed by atoms with E-state index >= 15 is 0 Å². The number of halogens is 3. The number of anilines is 3. The molecule has 2 N–H and O–H groups in total. The van der Waals surface area contributed by atoms with Crippen molar-refractivity contribution in [2.75, 3.05) is 17.7 Å². The summed E-state index contributed by atoms with van der Waals surface area (Å²) < 4.78 is 47.1. The first-order valence-corrected chi connectivity index (χ1v) is 9.15. The molecule has 0 atom stereocenters. The van der Waals surface area contributed by atoms with E-state index in [0.29, 0.717) is 34.5 Å². The topological polar surface area (TPSA) is 68.3 Å². The average molecular weight is 418 g/mol. The quantitative estimate of drug-likeness (QED) is 0.520. The Hall–Kier alpha value is -3.49. The minimum atomic E-state index is -4.77. The molecule has 0 unspecified atom stereocenters. The van der Waals surface area contributed by atoms with Crippen LogP contribution in [-0.2, 0) is 0 Å². The van der Waals surface area contributed by atoms with E-state index < -0.39 is 6.36 Å². The van der Waals surface area contributed by atoms with Gasteiger partial charge in [-0.15, -0.1) is 13.2 Å². The fraction of sp³-hybridized carbons (Fsp3) is 0.238. The van der Waals surface area contributed by atoms with Crippen LogP contribution in [-0.4, -0.2) is 29.5 Å². The molecule has 0 radical (unpaired) electrons. The van der Waals surface area contributed by atoms with Crippen LogP contribution in [0.15, 0.2) is 54.6 Å². The highest BCUT2D eigenvalue weighted by Gasteiger charge is 2.31. The van der Waals surface area contributed by atoms with E-state index in [1.165, 1.54) is 18.2 Å². The molecular formula is C21H21F3N4O2. The van der Waals surface area contributed by atoms with Crippen LogP contribution in [0.5, 0.6) is 11.5 Å². The summed E-state index contributed by atoms with van der Waals surface area (Å²) in [6.45, 7) is 3.86. The maximum Gasteiger partial charge on any atom is 0.573 e. The molecule has 30 heavy (non-hydrogen) atoms. The lowest BCUT2D eigenvalue weighted by Gasteiger charge is -2.15. The SMILES string of the molecule is COc1ccccc1Nc1cc(-c2cccc(OC(F)(F)F)c2)nc(NC(C)C)n1. The average Bonchev–Trinajstić information content (AvgIpc) is 2.66. The second-order valence-corrected chi connectivity index (χ2v) is 6.66. The largest absolute Gasteiger partial charge is 0.573 e. The third-order valence-electron chi connectivity index (χ3n) is 3.88. The van der Waals surface area contributed by atoms with Gasteiger partial charge in [0.15, 0.2) is 0 Å². The first-order valence-electron chi connectivity index (χ1n) is 9.15. The standard InChI is InChI=1S/C21H21F3N4O2/c1-13(2)25-20-27-17(14-7-6-8-15(11-14)30-21(22,23)24)12-19(28-20)26-16-9-4-5-10-18(16)29-3/h4-13H,1-3H3,(H2,25,26,27,28). The van der Waals surface area contributed by atoms with Crippen molar-refractivity contribution in [1.29, 1.82) is 0 Å². The highest BCUT2D eigenvalue weighted by molar-refractivity contribution is 5.70. The first-order chi connectivity index (χ1) is 14.2. The molecule has 0 saturated carbocycles. The van der Waals surface area contributed by atoms with Gasteiger partial charge in [0.1, 0.15) is 17.3 Å². The number of aromatic nitrogens is 2. The maximum atomic E-state index is 12.6. The van der Waals surface area contributed by atoms with Gasteiger partial charge in [0.2, 0.25) is 5.95 Å². The molecule has 3 aromatic rings. The van der Waals surface area contributed by atoms with Gasteiger partial charge in [0.05, 0.1) is 18.5 Å². The van der Waals surface area contributed by atoms with E-state index in [9.17, 15) is 13.2 Å². The van der Waals surface area contributed by atoms with Crippen molar-refractivity contribution in [3.63, 3.8) is 0 Å². The van der Waals surface area contributed by atoms with Gasteiger partial charge in [-0.05, 0) is 38.1 Å². The van der Waals surface area contributed by atoms with Gasteiger partial charge >= 0.3 is 6.36 Å². The third-order valence-corrected chi connectivity index (χ3v) is 3.88. The summed E-state index contributed by atoms with van der Waals surface area (Å²) in [6.07, 6.45) is -4.77. The minimum absolute atomic E-state index is 0.0549. The van der Waals surface area contributed by atoms with Gasteiger partial charge in [-0.2, -0.15) is 4.98 Å². The number of hydrogen-bond acceptors (Lipinski definition) is 6. The van der Waals surface area contributed by atoms with Crippen molar-refractivity contribution >= 4 is 17.5 Å². The lowest BCUT2D eigenvalue weighted by molar-refractivity contribution is -0.274. The van der Waals surface area contributed by atoms with Gasteiger partial charge in [-0.25, -0.2) is 4.98 Å². The Bertz CT molecular complexity index is 1010. The van der Waals surface area contributed by atoms with Crippen LogP contribution in [0.4, 0.5) is 30.6 Å². The zero-order valence-corrected chi connectivity index (χ0v) is 16.6. The summed E-state index contributed by atoms with van der Waals surface area (Å²) in [4.78, 5) is 8.89. The molecule has 0 bridgehead atoms. The molecule has 1 heterocycles. The first kappa shape index (κ1) is 21.2. The molecule has 3 rings (SSSR count). The molecule has 158 valence electrons. The predicted octanol–water partition coefficient (Wildman–Crippen LogP) is 5.61. The highest BCUT2D eigenvalue weighted by atomic mass is 19.4. The number of nitrogens with zero attached hydrogens (tertiary/aromatic N) is 2. The molecule has 2 aromatic carbocycles. The smallest absolute Gasteiger partial charge is 0.495 e. The Kier molecular flexibility index (Phi) is 6.29. The van der Waals surface area contributed by atoms with Gasteiger partial charge in [-0.1, -0.05) is 24.3 Å². The number of rotatable bonds is 7. The predicted molar refractivity (Wildman–Crippen MR) is 109 cm³/mol. The number of para-hydroxylation sites is 2. The molecule has 0 fully saturated rings. The van der Waals surface area contributed by atoms with Crippen LogP contribution in [0.3, 0.4) is 0 Å². The van der Waals surface area contributed by atoms with Crippen LogP contribution in [0.2, 0.25) is 0 Å². The van der Waals surface area contributed by atoms with E-state index in [1.807, 2.05) is 32.0 Å². The van der Waals surface area contributed by atoms with Crippen LogP contribution in [0.25, 0.3) is 11.3 Å². The summed E-state index contributed by atoms with van der Waals surface area (Å²) in [7, 11) is 1.56. The van der Waals surface area contributed by atoms with Crippen LogP contribution >= 0.6 is 0 Å². The second-order valence-electron chi connectivity index (χ2n) is 6.66. The van der Waals surface area contributed by atoms with Gasteiger partial charge in [0, 0.05) is 17.7 Å². The van der Waals surface area contributed by atoms with Crippen molar-refractivity contribution < 1.29 is 22.6 Å². The molecule has 0 amide bonds. The molecule has 0 aliphatic heterocycles. The monoisotopic (exact) mass is 418 g/mol. The Labute approximate surface area is 172 Å². The summed E-state index contributed by atoms with van der Waals surface area (Å²) in [5.74, 6) is 1.09. The fourth-order valence-corrected chi connectivity index (χ4v) is 2.72. The van der Waals surface area contributed by atoms with E-state index in [4.69, 9.17) is 4.74 Å². The Morgan fingerprint density at radius 2 is 1.73 bits per heavy atom. The molecule has 0 spiro atoms.